The van der Waals surface area contributed by atoms with Crippen molar-refractivity contribution >= 4 is 49.5 Å². The number of H-pyrrole nitrogens is 1. The molecule has 0 spiro atoms. The number of rotatable bonds is 1. The number of benzene rings is 1. The van der Waals surface area contributed by atoms with Crippen LogP contribution in [0.5, 0.6) is 0 Å². The minimum absolute atomic E-state index is 0.609. The maximum atomic E-state index is 10.6. The molecule has 15 heavy (non-hydrogen) atoms. The SMILES string of the molecule is O=Cc1cc2sc3ccc(Cl)cc3c2[nH]1. The highest BCUT2D eigenvalue weighted by molar-refractivity contribution is 7.25. The van der Waals surface area contributed by atoms with Gasteiger partial charge in [0.2, 0.25) is 0 Å². The van der Waals surface area contributed by atoms with Crippen molar-refractivity contribution in [1.82, 2.24) is 4.98 Å². The first kappa shape index (κ1) is 8.95. The van der Waals surface area contributed by atoms with E-state index in [2.05, 4.69) is 4.98 Å². The van der Waals surface area contributed by atoms with Crippen LogP contribution in [-0.4, -0.2) is 11.3 Å². The minimum atomic E-state index is 0.609. The van der Waals surface area contributed by atoms with E-state index < -0.39 is 0 Å². The van der Waals surface area contributed by atoms with Gasteiger partial charge >= 0.3 is 0 Å². The summed E-state index contributed by atoms with van der Waals surface area (Å²) in [6.07, 6.45) is 0.823. The van der Waals surface area contributed by atoms with Crippen molar-refractivity contribution in [3.05, 3.63) is 35.0 Å². The molecule has 0 amide bonds. The van der Waals surface area contributed by atoms with Crippen LogP contribution in [0.1, 0.15) is 10.5 Å². The molecule has 0 fully saturated rings. The van der Waals surface area contributed by atoms with E-state index in [0.29, 0.717) is 10.7 Å². The number of carbonyl (C=O) groups is 1. The first-order chi connectivity index (χ1) is 7.28. The summed E-state index contributed by atoms with van der Waals surface area (Å²) in [5, 5.41) is 1.79. The van der Waals surface area contributed by atoms with Crippen LogP contribution in [0, 0.1) is 0 Å². The molecule has 0 aliphatic rings. The van der Waals surface area contributed by atoms with Gasteiger partial charge in [-0.2, -0.15) is 0 Å². The Kier molecular flexibility index (Phi) is 1.84. The van der Waals surface area contributed by atoms with E-state index in [9.17, 15) is 4.79 Å². The quantitative estimate of drug-likeness (QED) is 0.639. The Morgan fingerprint density at radius 2 is 2.13 bits per heavy atom. The fourth-order valence-electron chi connectivity index (χ4n) is 1.70. The normalized spacial score (nSPS) is 11.3. The van der Waals surface area contributed by atoms with Gasteiger partial charge in [-0.3, -0.25) is 4.79 Å². The molecule has 2 aromatic heterocycles. The summed E-state index contributed by atoms with van der Waals surface area (Å²) < 4.78 is 2.27. The van der Waals surface area contributed by atoms with Crippen molar-refractivity contribution < 1.29 is 4.79 Å². The fraction of sp³-hybridized carbons (Fsp3) is 0. The lowest BCUT2D eigenvalue weighted by atomic mass is 10.2. The van der Waals surface area contributed by atoms with Gasteiger partial charge in [-0.25, -0.2) is 0 Å². The van der Waals surface area contributed by atoms with Crippen LogP contribution in [0.15, 0.2) is 24.3 Å². The van der Waals surface area contributed by atoms with Gasteiger partial charge in [0.1, 0.15) is 0 Å². The third-order valence-corrected chi connectivity index (χ3v) is 3.71. The number of hydrogen-bond donors (Lipinski definition) is 1. The number of carbonyl (C=O) groups excluding carboxylic acids is 1. The molecule has 3 aromatic rings. The van der Waals surface area contributed by atoms with Crippen LogP contribution in [0.25, 0.3) is 20.3 Å². The molecule has 2 nitrogen and oxygen atoms in total. The average molecular weight is 236 g/mol. The van der Waals surface area contributed by atoms with Crippen molar-refractivity contribution in [2.24, 2.45) is 0 Å². The van der Waals surface area contributed by atoms with Crippen LogP contribution >= 0.6 is 22.9 Å². The molecule has 4 heteroatoms. The van der Waals surface area contributed by atoms with Gasteiger partial charge in [-0.1, -0.05) is 11.6 Å². The Labute approximate surface area is 94.5 Å². The number of aromatic amines is 1. The molecule has 0 unspecified atom stereocenters. The summed E-state index contributed by atoms with van der Waals surface area (Å²) in [5.74, 6) is 0. The smallest absolute Gasteiger partial charge is 0.166 e. The Balaban J connectivity index is 2.47. The Morgan fingerprint density at radius 3 is 2.93 bits per heavy atom. The monoisotopic (exact) mass is 235 g/mol. The third-order valence-electron chi connectivity index (χ3n) is 2.36. The number of aromatic nitrogens is 1. The molecular weight excluding hydrogens is 230 g/mol. The maximum absolute atomic E-state index is 10.6. The third kappa shape index (κ3) is 1.28. The molecule has 1 aromatic carbocycles. The van der Waals surface area contributed by atoms with Gasteiger partial charge in [0.05, 0.1) is 15.9 Å². The Bertz CT molecular complexity index is 668. The molecule has 0 saturated heterocycles. The van der Waals surface area contributed by atoms with Crippen LogP contribution in [0.4, 0.5) is 0 Å². The lowest BCUT2D eigenvalue weighted by molar-refractivity contribution is 0.112. The van der Waals surface area contributed by atoms with Gasteiger partial charge in [0, 0.05) is 15.1 Å². The summed E-state index contributed by atoms with van der Waals surface area (Å²) in [6.45, 7) is 0. The van der Waals surface area contributed by atoms with Crippen molar-refractivity contribution in [1.29, 1.82) is 0 Å². The summed E-state index contributed by atoms with van der Waals surface area (Å²) >= 11 is 7.60. The number of aldehydes is 1. The number of fused-ring (bicyclic) bond motifs is 3. The Hall–Kier alpha value is -1.32. The van der Waals surface area contributed by atoms with E-state index >= 15 is 0 Å². The predicted octanol–water partition coefficient (Wildman–Crippen LogP) is 3.85. The molecular formula is C11H6ClNOS. The second-order valence-electron chi connectivity index (χ2n) is 3.32. The van der Waals surface area contributed by atoms with E-state index in [-0.39, 0.29) is 0 Å². The summed E-state index contributed by atoms with van der Waals surface area (Å²) in [4.78, 5) is 13.7. The molecule has 0 bridgehead atoms. The largest absolute Gasteiger partial charge is 0.351 e. The molecule has 0 aliphatic heterocycles. The lowest BCUT2D eigenvalue weighted by Crippen LogP contribution is -1.75. The summed E-state index contributed by atoms with van der Waals surface area (Å²) in [6, 6.07) is 7.65. The fourth-order valence-corrected chi connectivity index (χ4v) is 2.97. The van der Waals surface area contributed by atoms with Crippen LogP contribution in [0.3, 0.4) is 0 Å². The molecule has 3 rings (SSSR count). The maximum Gasteiger partial charge on any atom is 0.166 e. The molecule has 1 N–H and O–H groups in total. The number of nitrogens with one attached hydrogen (secondary N) is 1. The van der Waals surface area contributed by atoms with Crippen molar-refractivity contribution in [2.45, 2.75) is 0 Å². The minimum Gasteiger partial charge on any atom is -0.351 e. The van der Waals surface area contributed by atoms with E-state index in [1.807, 2.05) is 24.3 Å². The van der Waals surface area contributed by atoms with Crippen LogP contribution in [0.2, 0.25) is 5.02 Å². The molecule has 2 heterocycles. The summed E-state index contributed by atoms with van der Waals surface area (Å²) in [7, 11) is 0. The van der Waals surface area contributed by atoms with Crippen LogP contribution < -0.4 is 0 Å². The first-order valence-corrected chi connectivity index (χ1v) is 5.63. The van der Waals surface area contributed by atoms with E-state index in [1.54, 1.807) is 11.3 Å². The van der Waals surface area contributed by atoms with Crippen molar-refractivity contribution in [3.8, 4) is 0 Å². The second-order valence-corrected chi connectivity index (χ2v) is 4.84. The highest BCUT2D eigenvalue weighted by Gasteiger charge is 2.08. The van der Waals surface area contributed by atoms with Gasteiger partial charge in [-0.15, -0.1) is 11.3 Å². The highest BCUT2D eigenvalue weighted by atomic mass is 35.5. The van der Waals surface area contributed by atoms with E-state index in [1.165, 1.54) is 4.70 Å². The van der Waals surface area contributed by atoms with Crippen molar-refractivity contribution in [3.63, 3.8) is 0 Å². The standard InChI is InChI=1S/C11H6ClNOS/c12-6-1-2-9-8(3-6)11-10(15-9)4-7(5-14)13-11/h1-5,13H. The van der Waals surface area contributed by atoms with Gasteiger partial charge in [-0.05, 0) is 24.3 Å². The number of halogens is 1. The number of thiophene rings is 1. The molecule has 0 aliphatic carbocycles. The summed E-state index contributed by atoms with van der Waals surface area (Å²) in [5.41, 5.74) is 1.61. The molecule has 0 saturated carbocycles. The molecule has 0 atom stereocenters. The first-order valence-electron chi connectivity index (χ1n) is 4.44. The molecule has 74 valence electrons. The van der Waals surface area contributed by atoms with Gasteiger partial charge in [0.15, 0.2) is 6.29 Å². The lowest BCUT2D eigenvalue weighted by Gasteiger charge is -1.90. The highest BCUT2D eigenvalue weighted by Crippen LogP contribution is 2.35. The van der Waals surface area contributed by atoms with E-state index in [4.69, 9.17) is 11.6 Å². The van der Waals surface area contributed by atoms with Crippen LogP contribution in [-0.2, 0) is 0 Å². The van der Waals surface area contributed by atoms with Gasteiger partial charge in [0.25, 0.3) is 0 Å². The van der Waals surface area contributed by atoms with E-state index in [0.717, 1.165) is 21.9 Å². The zero-order valence-corrected chi connectivity index (χ0v) is 9.15. The van der Waals surface area contributed by atoms with Gasteiger partial charge < -0.3 is 4.98 Å². The zero-order valence-electron chi connectivity index (χ0n) is 7.58. The predicted molar refractivity (Wildman–Crippen MR) is 64.1 cm³/mol. The number of hydrogen-bond acceptors (Lipinski definition) is 2. The van der Waals surface area contributed by atoms with Crippen molar-refractivity contribution in [2.75, 3.05) is 0 Å². The second kappa shape index (κ2) is 3.08. The molecule has 0 radical (unpaired) electrons. The topological polar surface area (TPSA) is 32.9 Å². The Morgan fingerprint density at radius 1 is 1.27 bits per heavy atom. The average Bonchev–Trinajstić information content (AvgIpc) is 2.75. The zero-order chi connectivity index (χ0) is 10.4.